The number of hydrogen-bond acceptors (Lipinski definition) is 1. The molecular formula is C27H49N. The Kier molecular flexibility index (Phi) is 11.6. The Bertz CT molecular complexity index is 418. The molecule has 0 saturated heterocycles. The van der Waals surface area contributed by atoms with Gasteiger partial charge in [-0.05, 0) is 56.3 Å². The first-order valence-corrected chi connectivity index (χ1v) is 13.1. The molecule has 0 aromatic carbocycles. The predicted octanol–water partition coefficient (Wildman–Crippen LogP) is 9.21. The second-order valence-corrected chi connectivity index (χ2v) is 10.5. The van der Waals surface area contributed by atoms with Gasteiger partial charge in [-0.3, -0.25) is 0 Å². The Morgan fingerprint density at radius 1 is 0.643 bits per heavy atom. The van der Waals surface area contributed by atoms with E-state index in [4.69, 9.17) is 0 Å². The van der Waals surface area contributed by atoms with Gasteiger partial charge in [0.1, 0.15) is 0 Å². The molecule has 2 aliphatic rings. The van der Waals surface area contributed by atoms with E-state index < -0.39 is 0 Å². The minimum atomic E-state index is 0.0386. The van der Waals surface area contributed by atoms with Crippen molar-refractivity contribution < 1.29 is 0 Å². The molecule has 0 aliphatic heterocycles. The van der Waals surface area contributed by atoms with E-state index in [2.05, 4.69) is 19.9 Å². The van der Waals surface area contributed by atoms with Crippen LogP contribution in [-0.4, -0.2) is 0 Å². The molecule has 0 aromatic heterocycles. The Balaban J connectivity index is 1.60. The third-order valence-electron chi connectivity index (χ3n) is 8.23. The van der Waals surface area contributed by atoms with Crippen LogP contribution in [0, 0.1) is 34.5 Å². The van der Waals surface area contributed by atoms with Gasteiger partial charge in [-0.1, -0.05) is 104 Å². The summed E-state index contributed by atoms with van der Waals surface area (Å²) in [4.78, 5) is 0. The highest BCUT2D eigenvalue weighted by Gasteiger charge is 2.36. The van der Waals surface area contributed by atoms with Gasteiger partial charge in [-0.15, -0.1) is 0 Å². The molecule has 0 heterocycles. The van der Waals surface area contributed by atoms with Crippen LogP contribution in [0.15, 0.2) is 0 Å². The first-order valence-electron chi connectivity index (χ1n) is 13.1. The Labute approximate surface area is 177 Å². The lowest BCUT2D eigenvalue weighted by atomic mass is 9.66. The summed E-state index contributed by atoms with van der Waals surface area (Å²) in [6, 6.07) is 2.80. The maximum atomic E-state index is 9.94. The number of rotatable bonds is 13. The second kappa shape index (κ2) is 13.7. The lowest BCUT2D eigenvalue weighted by Gasteiger charge is -2.37. The number of nitrogens with zero attached hydrogens (tertiary/aromatic N) is 1. The molecule has 2 rings (SSSR count). The summed E-state index contributed by atoms with van der Waals surface area (Å²) in [7, 11) is 0. The van der Waals surface area contributed by atoms with Gasteiger partial charge in [0.25, 0.3) is 0 Å². The third kappa shape index (κ3) is 8.47. The molecule has 0 spiro atoms. The average Bonchev–Trinajstić information content (AvgIpc) is 2.75. The summed E-state index contributed by atoms with van der Waals surface area (Å²) < 4.78 is 0. The van der Waals surface area contributed by atoms with Crippen molar-refractivity contribution >= 4 is 0 Å². The molecule has 2 fully saturated rings. The largest absolute Gasteiger partial charge is 0.198 e. The highest BCUT2D eigenvalue weighted by Crippen LogP contribution is 2.45. The van der Waals surface area contributed by atoms with Crippen LogP contribution in [0.5, 0.6) is 0 Å². The molecule has 1 heteroatoms. The molecule has 28 heavy (non-hydrogen) atoms. The molecular weight excluding hydrogens is 338 g/mol. The van der Waals surface area contributed by atoms with Crippen LogP contribution in [-0.2, 0) is 0 Å². The quantitative estimate of drug-likeness (QED) is 0.289. The lowest BCUT2D eigenvalue weighted by molar-refractivity contribution is 0.162. The minimum absolute atomic E-state index is 0.0386. The zero-order chi connectivity index (χ0) is 20.1. The fraction of sp³-hybridized carbons (Fsp3) is 0.963. The molecule has 162 valence electrons. The van der Waals surface area contributed by atoms with E-state index in [0.29, 0.717) is 0 Å². The first kappa shape index (κ1) is 23.8. The van der Waals surface area contributed by atoms with Crippen molar-refractivity contribution in [3.8, 4) is 6.07 Å². The summed E-state index contributed by atoms with van der Waals surface area (Å²) in [6.45, 7) is 4.60. The van der Waals surface area contributed by atoms with Crippen molar-refractivity contribution in [2.75, 3.05) is 0 Å². The summed E-state index contributed by atoms with van der Waals surface area (Å²) in [6.07, 6.45) is 27.5. The van der Waals surface area contributed by atoms with Crippen molar-refractivity contribution in [1.29, 1.82) is 5.26 Å². The van der Waals surface area contributed by atoms with Crippen LogP contribution in [0.3, 0.4) is 0 Å². The normalized spacial score (nSPS) is 30.8. The molecule has 0 aromatic rings. The highest BCUT2D eigenvalue weighted by molar-refractivity contribution is 5.01. The zero-order valence-corrected chi connectivity index (χ0v) is 19.3. The Morgan fingerprint density at radius 2 is 1.11 bits per heavy atom. The van der Waals surface area contributed by atoms with Crippen LogP contribution in [0.25, 0.3) is 0 Å². The van der Waals surface area contributed by atoms with Crippen LogP contribution < -0.4 is 0 Å². The smallest absolute Gasteiger partial charge is 0.0689 e. The van der Waals surface area contributed by atoms with Crippen molar-refractivity contribution in [2.45, 2.75) is 142 Å². The maximum absolute atomic E-state index is 9.94. The van der Waals surface area contributed by atoms with E-state index in [1.54, 1.807) is 0 Å². The number of unbranched alkanes of at least 4 members (excludes halogenated alkanes) is 6. The van der Waals surface area contributed by atoms with Crippen LogP contribution >= 0.6 is 0 Å². The number of nitriles is 1. The monoisotopic (exact) mass is 387 g/mol. The van der Waals surface area contributed by atoms with Gasteiger partial charge in [0.15, 0.2) is 0 Å². The van der Waals surface area contributed by atoms with E-state index in [1.165, 1.54) is 128 Å². The molecule has 0 unspecified atom stereocenters. The predicted molar refractivity (Wildman–Crippen MR) is 122 cm³/mol. The summed E-state index contributed by atoms with van der Waals surface area (Å²) >= 11 is 0. The molecule has 0 radical (unpaired) electrons. The summed E-state index contributed by atoms with van der Waals surface area (Å²) in [5.74, 6) is 2.85. The second-order valence-electron chi connectivity index (χ2n) is 10.5. The first-order chi connectivity index (χ1) is 13.7. The standard InChI is InChI=1S/C27H49N/c1-3-5-7-9-11-24-13-15-26(16-14-24)19-22-27(23-28)20-17-25(18-21-27)12-10-8-6-4-2/h24-26H,3-22H2,1-2H3/t24-,25-,26-,27-. The van der Waals surface area contributed by atoms with Gasteiger partial charge in [0, 0.05) is 0 Å². The van der Waals surface area contributed by atoms with Crippen molar-refractivity contribution in [2.24, 2.45) is 23.2 Å². The topological polar surface area (TPSA) is 23.8 Å². The van der Waals surface area contributed by atoms with Crippen LogP contribution in [0.2, 0.25) is 0 Å². The van der Waals surface area contributed by atoms with Gasteiger partial charge in [0.05, 0.1) is 11.5 Å². The van der Waals surface area contributed by atoms with E-state index in [-0.39, 0.29) is 5.41 Å². The summed E-state index contributed by atoms with van der Waals surface area (Å²) in [5.41, 5.74) is 0.0386. The third-order valence-corrected chi connectivity index (χ3v) is 8.23. The fourth-order valence-electron chi connectivity index (χ4n) is 5.95. The van der Waals surface area contributed by atoms with Crippen LogP contribution in [0.4, 0.5) is 0 Å². The maximum Gasteiger partial charge on any atom is 0.0689 e. The average molecular weight is 388 g/mol. The van der Waals surface area contributed by atoms with E-state index in [9.17, 15) is 5.26 Å². The van der Waals surface area contributed by atoms with Crippen molar-refractivity contribution in [3.05, 3.63) is 0 Å². The van der Waals surface area contributed by atoms with Gasteiger partial charge in [0.2, 0.25) is 0 Å². The summed E-state index contributed by atoms with van der Waals surface area (Å²) in [5, 5.41) is 9.94. The van der Waals surface area contributed by atoms with Gasteiger partial charge < -0.3 is 0 Å². The molecule has 0 N–H and O–H groups in total. The van der Waals surface area contributed by atoms with Crippen molar-refractivity contribution in [1.82, 2.24) is 0 Å². The lowest BCUT2D eigenvalue weighted by Crippen LogP contribution is -2.27. The van der Waals surface area contributed by atoms with Gasteiger partial charge >= 0.3 is 0 Å². The molecule has 0 atom stereocenters. The number of hydrogen-bond donors (Lipinski definition) is 0. The highest BCUT2D eigenvalue weighted by atomic mass is 14.4. The minimum Gasteiger partial charge on any atom is -0.198 e. The SMILES string of the molecule is CCCCCC[C@H]1CC[C@H](CC[C@]2(C#N)CC[C@H](CCCCCC)CC2)CC1. The Hall–Kier alpha value is -0.510. The molecule has 1 nitrogen and oxygen atoms in total. The Morgan fingerprint density at radius 3 is 1.57 bits per heavy atom. The van der Waals surface area contributed by atoms with Gasteiger partial charge in [-0.25, -0.2) is 0 Å². The van der Waals surface area contributed by atoms with E-state index in [1.807, 2.05) is 0 Å². The van der Waals surface area contributed by atoms with Crippen LogP contribution in [0.1, 0.15) is 142 Å². The molecule has 2 aliphatic carbocycles. The fourth-order valence-corrected chi connectivity index (χ4v) is 5.95. The molecule has 2 saturated carbocycles. The van der Waals surface area contributed by atoms with Gasteiger partial charge in [-0.2, -0.15) is 5.26 Å². The molecule has 0 bridgehead atoms. The van der Waals surface area contributed by atoms with Crippen molar-refractivity contribution in [3.63, 3.8) is 0 Å². The zero-order valence-electron chi connectivity index (χ0n) is 19.3. The van der Waals surface area contributed by atoms with E-state index >= 15 is 0 Å². The van der Waals surface area contributed by atoms with E-state index in [0.717, 1.165) is 17.8 Å². The molecule has 0 amide bonds.